The van der Waals surface area contributed by atoms with Crippen molar-refractivity contribution in [1.29, 1.82) is 0 Å². The minimum atomic E-state index is -0.0251. The van der Waals surface area contributed by atoms with E-state index in [9.17, 15) is 0 Å². The summed E-state index contributed by atoms with van der Waals surface area (Å²) in [5.74, 6) is 1.71. The minimum Gasteiger partial charge on any atom is -0.310 e. The number of rotatable bonds is 26. The molecule has 1 aliphatic rings. The second-order valence-corrected chi connectivity index (χ2v) is 19.1. The number of fused-ring (bicyclic) bond motifs is 3. The molecule has 0 bridgehead atoms. The molecular weight excluding hydrogens is 771 g/mol. The molecule has 0 fully saturated rings. The molecule has 3 atom stereocenters. The first-order chi connectivity index (χ1) is 31.5. The second-order valence-electron chi connectivity index (χ2n) is 19.1. The number of hydrogen-bond acceptors (Lipinski definition) is 1. The highest BCUT2D eigenvalue weighted by atomic mass is 15.1. The Morgan fingerprint density at radius 2 is 1.00 bits per heavy atom. The van der Waals surface area contributed by atoms with Crippen LogP contribution in [0.4, 0.5) is 17.1 Å². The average molecular weight is 848 g/mol. The van der Waals surface area contributed by atoms with Crippen LogP contribution in [0.1, 0.15) is 171 Å². The number of anilines is 3. The van der Waals surface area contributed by atoms with E-state index >= 15 is 0 Å². The SMILES string of the molecule is C=CC(CCCC)CCC(CCC(C)c1ccc(-c2ccc3c(c2)C(CCCCCC)(CCCCCC)c2cc(N(c4ccccc4)c4ccccc4)ccc2-3)cc1)c1ccccc1. The van der Waals surface area contributed by atoms with Crippen molar-refractivity contribution in [3.63, 3.8) is 0 Å². The van der Waals surface area contributed by atoms with Gasteiger partial charge in [-0.1, -0.05) is 207 Å². The standard InChI is InChI=1S/C63H77N/c1-6-10-13-24-45-63(46-25-14-11-7-2)61-47-55(41-43-59(61)60-44-42-58(48-62(60)63)64(56-29-20-16-21-30-56)57-31-22-17-23-32-57)54-39-37-51(38-40-54)49(5)33-35-53(52-27-18-15-19-28-52)36-34-50(9-4)26-12-8-3/h9,15-23,27-32,37-44,47-50,53H,4,6-8,10-14,24-26,33-36,45-46H2,1-3,5H3. The van der Waals surface area contributed by atoms with E-state index in [1.807, 2.05) is 0 Å². The molecule has 6 aromatic rings. The lowest BCUT2D eigenvalue weighted by atomic mass is 9.70. The first-order valence-corrected chi connectivity index (χ1v) is 25.5. The third-order valence-corrected chi connectivity index (χ3v) is 14.7. The van der Waals surface area contributed by atoms with Gasteiger partial charge in [0.25, 0.3) is 0 Å². The lowest BCUT2D eigenvalue weighted by molar-refractivity contribution is 0.401. The number of unbranched alkanes of at least 4 members (excludes halogenated alkanes) is 7. The lowest BCUT2D eigenvalue weighted by Crippen LogP contribution is -2.26. The maximum Gasteiger partial charge on any atom is 0.0465 e. The quantitative estimate of drug-likeness (QED) is 0.0388. The zero-order valence-corrected chi connectivity index (χ0v) is 39.9. The van der Waals surface area contributed by atoms with Crippen LogP contribution < -0.4 is 4.90 Å². The molecule has 0 aromatic heterocycles. The fourth-order valence-corrected chi connectivity index (χ4v) is 10.9. The maximum absolute atomic E-state index is 4.20. The number of benzene rings is 6. The molecular formula is C63H77N. The molecule has 3 unspecified atom stereocenters. The van der Waals surface area contributed by atoms with Gasteiger partial charge in [0.15, 0.2) is 0 Å². The van der Waals surface area contributed by atoms with E-state index in [0.717, 1.165) is 0 Å². The summed E-state index contributed by atoms with van der Waals surface area (Å²) in [4.78, 5) is 2.45. The molecule has 0 saturated carbocycles. The van der Waals surface area contributed by atoms with Crippen molar-refractivity contribution in [3.8, 4) is 22.3 Å². The zero-order chi connectivity index (χ0) is 44.6. The van der Waals surface area contributed by atoms with Crippen molar-refractivity contribution < 1.29 is 0 Å². The van der Waals surface area contributed by atoms with Gasteiger partial charge in [-0.3, -0.25) is 0 Å². The van der Waals surface area contributed by atoms with Gasteiger partial charge < -0.3 is 4.90 Å². The Morgan fingerprint density at radius 1 is 0.469 bits per heavy atom. The van der Waals surface area contributed by atoms with Crippen molar-refractivity contribution >= 4 is 17.1 Å². The van der Waals surface area contributed by atoms with Crippen molar-refractivity contribution in [1.82, 2.24) is 0 Å². The molecule has 6 aromatic carbocycles. The fourth-order valence-electron chi connectivity index (χ4n) is 10.9. The Labute approximate surface area is 389 Å². The Morgan fingerprint density at radius 3 is 1.58 bits per heavy atom. The van der Waals surface area contributed by atoms with E-state index in [4.69, 9.17) is 0 Å². The monoisotopic (exact) mass is 848 g/mol. The summed E-state index contributed by atoms with van der Waals surface area (Å²) in [6.45, 7) is 13.6. The number of para-hydroxylation sites is 2. The van der Waals surface area contributed by atoms with Crippen molar-refractivity contribution in [2.24, 2.45) is 5.92 Å². The first-order valence-electron chi connectivity index (χ1n) is 25.5. The Bertz CT molecular complexity index is 2240. The van der Waals surface area contributed by atoms with Crippen molar-refractivity contribution in [2.75, 3.05) is 4.90 Å². The van der Waals surface area contributed by atoms with E-state index in [1.54, 1.807) is 5.56 Å². The van der Waals surface area contributed by atoms with E-state index in [1.165, 1.54) is 165 Å². The average Bonchev–Trinajstić information content (AvgIpc) is 3.61. The molecule has 0 aliphatic heterocycles. The third-order valence-electron chi connectivity index (χ3n) is 14.7. The molecule has 0 amide bonds. The van der Waals surface area contributed by atoms with Gasteiger partial charge in [0, 0.05) is 22.5 Å². The molecule has 7 rings (SSSR count). The van der Waals surface area contributed by atoms with Crippen LogP contribution in [0.15, 0.2) is 164 Å². The molecule has 1 heteroatoms. The predicted octanol–water partition coefficient (Wildman–Crippen LogP) is 19.5. The minimum absolute atomic E-state index is 0.0251. The summed E-state index contributed by atoms with van der Waals surface area (Å²) in [7, 11) is 0. The van der Waals surface area contributed by atoms with Crippen LogP contribution in [-0.2, 0) is 5.41 Å². The molecule has 334 valence electrons. The highest BCUT2D eigenvalue weighted by Crippen LogP contribution is 2.56. The van der Waals surface area contributed by atoms with E-state index in [2.05, 4.69) is 197 Å². The van der Waals surface area contributed by atoms with Gasteiger partial charge in [0.1, 0.15) is 0 Å². The fraction of sp³-hybridized carbons (Fsp3) is 0.397. The highest BCUT2D eigenvalue weighted by Gasteiger charge is 2.43. The molecule has 1 nitrogen and oxygen atoms in total. The van der Waals surface area contributed by atoms with Gasteiger partial charge in [0.2, 0.25) is 0 Å². The summed E-state index contributed by atoms with van der Waals surface area (Å²) in [6.07, 6.45) is 23.5. The maximum atomic E-state index is 4.20. The van der Waals surface area contributed by atoms with Crippen LogP contribution in [0.25, 0.3) is 22.3 Å². The molecule has 0 spiro atoms. The van der Waals surface area contributed by atoms with Crippen molar-refractivity contribution in [2.45, 2.75) is 154 Å². The van der Waals surface area contributed by atoms with Crippen molar-refractivity contribution in [3.05, 3.63) is 187 Å². The first kappa shape index (κ1) is 46.8. The van der Waals surface area contributed by atoms with Crippen LogP contribution in [-0.4, -0.2) is 0 Å². The summed E-state index contributed by atoms with van der Waals surface area (Å²) < 4.78 is 0. The zero-order valence-electron chi connectivity index (χ0n) is 39.9. The van der Waals surface area contributed by atoms with Gasteiger partial charge >= 0.3 is 0 Å². The summed E-state index contributed by atoms with van der Waals surface area (Å²) in [5, 5.41) is 0. The van der Waals surface area contributed by atoms with Crippen LogP contribution in [0.3, 0.4) is 0 Å². The van der Waals surface area contributed by atoms with Crippen LogP contribution in [0.5, 0.6) is 0 Å². The summed E-state index contributed by atoms with van der Waals surface area (Å²) in [6, 6.07) is 57.7. The van der Waals surface area contributed by atoms with Gasteiger partial charge in [-0.05, 0) is 150 Å². The lowest BCUT2D eigenvalue weighted by Gasteiger charge is -2.34. The summed E-state index contributed by atoms with van der Waals surface area (Å²) in [5.41, 5.74) is 15.2. The molecule has 1 aliphatic carbocycles. The largest absolute Gasteiger partial charge is 0.310 e. The number of allylic oxidation sites excluding steroid dienone is 1. The van der Waals surface area contributed by atoms with Gasteiger partial charge in [-0.2, -0.15) is 0 Å². The number of nitrogens with zero attached hydrogens (tertiary/aromatic N) is 1. The molecule has 0 heterocycles. The topological polar surface area (TPSA) is 3.24 Å². The smallest absolute Gasteiger partial charge is 0.0465 e. The highest BCUT2D eigenvalue weighted by molar-refractivity contribution is 5.87. The predicted molar refractivity (Wildman–Crippen MR) is 280 cm³/mol. The Hall–Kier alpha value is -5.14. The van der Waals surface area contributed by atoms with Gasteiger partial charge in [-0.15, -0.1) is 6.58 Å². The second kappa shape index (κ2) is 23.7. The summed E-state index contributed by atoms with van der Waals surface area (Å²) >= 11 is 0. The molecule has 0 saturated heterocycles. The molecule has 64 heavy (non-hydrogen) atoms. The van der Waals surface area contributed by atoms with Gasteiger partial charge in [0.05, 0.1) is 0 Å². The molecule has 0 radical (unpaired) electrons. The Balaban J connectivity index is 1.18. The van der Waals surface area contributed by atoms with E-state index in [-0.39, 0.29) is 5.41 Å². The van der Waals surface area contributed by atoms with Crippen LogP contribution in [0.2, 0.25) is 0 Å². The van der Waals surface area contributed by atoms with Gasteiger partial charge in [-0.25, -0.2) is 0 Å². The van der Waals surface area contributed by atoms with E-state index < -0.39 is 0 Å². The molecule has 0 N–H and O–H groups in total. The Kier molecular flexibility index (Phi) is 17.3. The number of hydrogen-bond donors (Lipinski definition) is 0. The third kappa shape index (κ3) is 11.4. The van der Waals surface area contributed by atoms with E-state index in [0.29, 0.717) is 17.8 Å². The van der Waals surface area contributed by atoms with Crippen LogP contribution in [0, 0.1) is 5.92 Å². The van der Waals surface area contributed by atoms with Crippen LogP contribution >= 0.6 is 0 Å². The normalized spacial score (nSPS) is 14.1.